The van der Waals surface area contributed by atoms with Crippen molar-refractivity contribution in [2.75, 3.05) is 26.2 Å². The van der Waals surface area contributed by atoms with Gasteiger partial charge in [0.25, 0.3) is 0 Å². The highest BCUT2D eigenvalue weighted by Crippen LogP contribution is 2.13. The molecule has 0 unspecified atom stereocenters. The summed E-state index contributed by atoms with van der Waals surface area (Å²) in [5.41, 5.74) is 0. The van der Waals surface area contributed by atoms with Crippen molar-refractivity contribution in [3.63, 3.8) is 0 Å². The van der Waals surface area contributed by atoms with Crippen molar-refractivity contribution in [1.29, 1.82) is 0 Å². The van der Waals surface area contributed by atoms with Gasteiger partial charge in [-0.1, -0.05) is 6.07 Å². The molecule has 28 heavy (non-hydrogen) atoms. The Balaban J connectivity index is 0.00000280. The third kappa shape index (κ3) is 7.75. The van der Waals surface area contributed by atoms with Gasteiger partial charge < -0.3 is 20.0 Å². The number of rotatable bonds is 8. The minimum Gasteiger partial charge on any atom is -0.469 e. The summed E-state index contributed by atoms with van der Waals surface area (Å²) >= 11 is 1.80. The zero-order valence-corrected chi connectivity index (χ0v) is 20.0. The summed E-state index contributed by atoms with van der Waals surface area (Å²) in [7, 11) is 0. The van der Waals surface area contributed by atoms with Crippen LogP contribution in [0.5, 0.6) is 0 Å². The second kappa shape index (κ2) is 12.5. The van der Waals surface area contributed by atoms with Crippen molar-refractivity contribution >= 4 is 41.3 Å². The monoisotopic (exact) mass is 516 g/mol. The second-order valence-electron chi connectivity index (χ2n) is 7.36. The third-order valence-electron chi connectivity index (χ3n) is 5.05. The molecule has 2 N–H and O–H groups in total. The number of piperidine rings is 1. The fourth-order valence-electron chi connectivity index (χ4n) is 3.40. The molecule has 0 spiro atoms. The molecule has 5 nitrogen and oxygen atoms in total. The van der Waals surface area contributed by atoms with E-state index in [1.165, 1.54) is 17.7 Å². The van der Waals surface area contributed by atoms with E-state index in [1.54, 1.807) is 17.6 Å². The molecule has 1 aliphatic rings. The van der Waals surface area contributed by atoms with E-state index in [2.05, 4.69) is 46.9 Å². The molecule has 0 aromatic carbocycles. The van der Waals surface area contributed by atoms with Crippen LogP contribution in [0.1, 0.15) is 37.3 Å². The summed E-state index contributed by atoms with van der Waals surface area (Å²) in [5.74, 6) is 1.94. The molecule has 0 radical (unpaired) electrons. The molecule has 1 saturated heterocycles. The molecule has 1 aliphatic heterocycles. The van der Waals surface area contributed by atoms with E-state index in [-0.39, 0.29) is 24.0 Å². The first-order valence-corrected chi connectivity index (χ1v) is 10.9. The van der Waals surface area contributed by atoms with Crippen LogP contribution in [0.2, 0.25) is 0 Å². The van der Waals surface area contributed by atoms with Crippen molar-refractivity contribution in [1.82, 2.24) is 15.5 Å². The molecule has 0 bridgehead atoms. The van der Waals surface area contributed by atoms with Gasteiger partial charge in [0.15, 0.2) is 5.96 Å². The van der Waals surface area contributed by atoms with Crippen LogP contribution in [-0.4, -0.2) is 49.1 Å². The normalized spacial score (nSPS) is 16.2. The fourth-order valence-corrected chi connectivity index (χ4v) is 4.10. The first-order chi connectivity index (χ1) is 13.2. The average molecular weight is 516 g/mol. The Morgan fingerprint density at radius 3 is 2.71 bits per heavy atom. The van der Waals surface area contributed by atoms with E-state index < -0.39 is 0 Å². The van der Waals surface area contributed by atoms with E-state index in [0.717, 1.165) is 50.7 Å². The Kier molecular flexibility index (Phi) is 10.4. The molecule has 2 aromatic rings. The number of hydrogen-bond acceptors (Lipinski definition) is 4. The highest BCUT2D eigenvalue weighted by Gasteiger charge is 2.21. The number of thiophene rings is 1. The number of hydrogen-bond donors (Lipinski definition) is 2. The van der Waals surface area contributed by atoms with Crippen LogP contribution in [0.4, 0.5) is 0 Å². The van der Waals surface area contributed by atoms with Gasteiger partial charge in [0.2, 0.25) is 0 Å². The minimum absolute atomic E-state index is 0. The standard InChI is InChI=1S/C21H32N4OS.HI/c1-17(2)25-13-9-18(10-14-25)24-21(22-11-7-19-5-3-15-26-19)23-12-8-20-6-4-16-27-20;/h3-6,15-18H,7-14H2,1-2H3,(H2,22,23,24);1H. The number of likely N-dealkylation sites (tertiary alicyclic amines) is 1. The van der Waals surface area contributed by atoms with Crippen molar-refractivity contribution in [3.8, 4) is 0 Å². The molecule has 0 saturated carbocycles. The zero-order valence-electron chi connectivity index (χ0n) is 16.9. The van der Waals surface area contributed by atoms with Gasteiger partial charge in [0.05, 0.1) is 6.26 Å². The Bertz CT molecular complexity index is 665. The zero-order chi connectivity index (χ0) is 18.9. The summed E-state index contributed by atoms with van der Waals surface area (Å²) in [5, 5.41) is 9.28. The summed E-state index contributed by atoms with van der Waals surface area (Å²) in [6.45, 7) is 8.50. The van der Waals surface area contributed by atoms with Crippen molar-refractivity contribution in [3.05, 3.63) is 46.5 Å². The lowest BCUT2D eigenvalue weighted by Crippen LogP contribution is -2.50. The predicted molar refractivity (Wildman–Crippen MR) is 129 cm³/mol. The first kappa shape index (κ1) is 23.2. The van der Waals surface area contributed by atoms with E-state index in [1.807, 2.05) is 12.1 Å². The molecular formula is C21H33IN4OS. The minimum atomic E-state index is 0. The van der Waals surface area contributed by atoms with Gasteiger partial charge in [-0.15, -0.1) is 35.3 Å². The summed E-state index contributed by atoms with van der Waals surface area (Å²) < 4.78 is 5.43. The lowest BCUT2D eigenvalue weighted by Gasteiger charge is -2.35. The lowest BCUT2D eigenvalue weighted by molar-refractivity contribution is 0.167. The number of aliphatic imine (C=N–C) groups is 1. The third-order valence-corrected chi connectivity index (χ3v) is 5.99. The predicted octanol–water partition coefficient (Wildman–Crippen LogP) is 4.15. The topological polar surface area (TPSA) is 52.8 Å². The number of nitrogens with zero attached hydrogens (tertiary/aromatic N) is 2. The molecule has 1 fully saturated rings. The average Bonchev–Trinajstić information content (AvgIpc) is 3.36. The van der Waals surface area contributed by atoms with Crippen molar-refractivity contribution in [2.45, 2.75) is 51.6 Å². The van der Waals surface area contributed by atoms with Crippen molar-refractivity contribution < 1.29 is 4.42 Å². The summed E-state index contributed by atoms with van der Waals surface area (Å²) in [6, 6.07) is 9.37. The summed E-state index contributed by atoms with van der Waals surface area (Å²) in [4.78, 5) is 8.76. The van der Waals surface area contributed by atoms with E-state index in [9.17, 15) is 0 Å². The smallest absolute Gasteiger partial charge is 0.191 e. The summed E-state index contributed by atoms with van der Waals surface area (Å²) in [6.07, 6.45) is 5.93. The van der Waals surface area contributed by atoms with Gasteiger partial charge in [-0.05, 0) is 50.3 Å². The second-order valence-corrected chi connectivity index (χ2v) is 8.40. The van der Waals surface area contributed by atoms with Gasteiger partial charge in [0.1, 0.15) is 5.76 Å². The Hall–Kier alpha value is -1.06. The maximum Gasteiger partial charge on any atom is 0.191 e. The van der Waals surface area contributed by atoms with Crippen LogP contribution >= 0.6 is 35.3 Å². The SMILES string of the molecule is CC(C)N1CCC(NC(=NCCc2cccs2)NCCc2ccco2)CC1.I. The fraction of sp³-hybridized carbons (Fsp3) is 0.571. The quantitative estimate of drug-likeness (QED) is 0.315. The van der Waals surface area contributed by atoms with Crippen LogP contribution in [0.15, 0.2) is 45.3 Å². The maximum absolute atomic E-state index is 5.43. The van der Waals surface area contributed by atoms with Gasteiger partial charge in [0, 0.05) is 56.0 Å². The number of guanidine groups is 1. The van der Waals surface area contributed by atoms with E-state index in [4.69, 9.17) is 9.41 Å². The van der Waals surface area contributed by atoms with E-state index in [0.29, 0.717) is 12.1 Å². The number of nitrogens with one attached hydrogen (secondary N) is 2. The highest BCUT2D eigenvalue weighted by atomic mass is 127. The largest absolute Gasteiger partial charge is 0.469 e. The first-order valence-electron chi connectivity index (χ1n) is 10.0. The maximum atomic E-state index is 5.43. The molecule has 7 heteroatoms. The molecule has 3 heterocycles. The van der Waals surface area contributed by atoms with Crippen LogP contribution in [0.3, 0.4) is 0 Å². The van der Waals surface area contributed by atoms with Crippen molar-refractivity contribution in [2.24, 2.45) is 4.99 Å². The molecule has 0 aliphatic carbocycles. The molecule has 2 aromatic heterocycles. The Morgan fingerprint density at radius 1 is 1.25 bits per heavy atom. The highest BCUT2D eigenvalue weighted by molar-refractivity contribution is 14.0. The Morgan fingerprint density at radius 2 is 2.07 bits per heavy atom. The molecule has 0 amide bonds. The van der Waals surface area contributed by atoms with Crippen LogP contribution in [0.25, 0.3) is 0 Å². The number of furan rings is 1. The number of halogens is 1. The lowest BCUT2D eigenvalue weighted by atomic mass is 10.0. The van der Waals surface area contributed by atoms with E-state index >= 15 is 0 Å². The van der Waals surface area contributed by atoms with Crippen LogP contribution in [-0.2, 0) is 12.8 Å². The molecular weight excluding hydrogens is 483 g/mol. The van der Waals surface area contributed by atoms with Gasteiger partial charge in [-0.25, -0.2) is 0 Å². The van der Waals surface area contributed by atoms with Gasteiger partial charge >= 0.3 is 0 Å². The molecule has 3 rings (SSSR count). The van der Waals surface area contributed by atoms with Crippen LogP contribution < -0.4 is 10.6 Å². The molecule has 156 valence electrons. The van der Waals surface area contributed by atoms with Gasteiger partial charge in [-0.2, -0.15) is 0 Å². The van der Waals surface area contributed by atoms with Gasteiger partial charge in [-0.3, -0.25) is 4.99 Å². The van der Waals surface area contributed by atoms with Crippen LogP contribution in [0, 0.1) is 0 Å². The Labute approximate surface area is 190 Å². The molecule has 0 atom stereocenters.